The predicted octanol–water partition coefficient (Wildman–Crippen LogP) is 1.42. The van der Waals surface area contributed by atoms with Crippen LogP contribution in [0.15, 0.2) is 16.6 Å². The van der Waals surface area contributed by atoms with Crippen molar-refractivity contribution in [2.24, 2.45) is 16.8 Å². The van der Waals surface area contributed by atoms with Crippen LogP contribution in [-0.4, -0.2) is 99.2 Å². The number of aliphatic imine (C=N–C) groups is 1. The first-order valence-electron chi connectivity index (χ1n) is 11.3. The Morgan fingerprint density at radius 1 is 1.17 bits per heavy atom. The van der Waals surface area contributed by atoms with Crippen molar-refractivity contribution in [1.82, 2.24) is 20.0 Å². The highest BCUT2D eigenvalue weighted by Crippen LogP contribution is 2.21. The molecule has 0 spiro atoms. The molecular formula is C22H39N5O2. The molecule has 7 nitrogen and oxygen atoms in total. The zero-order valence-electron chi connectivity index (χ0n) is 18.5. The number of carbonyl (C=O) groups is 1. The third-order valence-corrected chi connectivity index (χ3v) is 6.25. The van der Waals surface area contributed by atoms with Crippen LogP contribution in [0.1, 0.15) is 33.1 Å². The van der Waals surface area contributed by atoms with Crippen LogP contribution in [0.2, 0.25) is 0 Å². The van der Waals surface area contributed by atoms with Gasteiger partial charge in [0.25, 0.3) is 0 Å². The molecule has 3 heterocycles. The van der Waals surface area contributed by atoms with E-state index >= 15 is 0 Å². The van der Waals surface area contributed by atoms with E-state index in [4.69, 9.17) is 4.74 Å². The second-order valence-electron chi connectivity index (χ2n) is 8.92. The number of likely N-dealkylation sites (tertiary alicyclic amines) is 1. The molecule has 2 unspecified atom stereocenters. The summed E-state index contributed by atoms with van der Waals surface area (Å²) in [5.41, 5.74) is 1.48. The lowest BCUT2D eigenvalue weighted by atomic mass is 9.92. The molecule has 0 aromatic heterocycles. The minimum absolute atomic E-state index is 0.295. The van der Waals surface area contributed by atoms with Crippen molar-refractivity contribution in [1.29, 1.82) is 0 Å². The second kappa shape index (κ2) is 11.0. The number of guanidine groups is 1. The Kier molecular flexibility index (Phi) is 8.36. The van der Waals surface area contributed by atoms with Crippen molar-refractivity contribution < 1.29 is 9.53 Å². The van der Waals surface area contributed by atoms with Gasteiger partial charge in [-0.25, -0.2) is 0 Å². The number of ether oxygens (including phenoxy) is 1. The van der Waals surface area contributed by atoms with Crippen LogP contribution < -0.4 is 5.32 Å². The lowest BCUT2D eigenvalue weighted by molar-refractivity contribution is -0.135. The summed E-state index contributed by atoms with van der Waals surface area (Å²) in [6.45, 7) is 13.0. The molecule has 1 N–H and O–H groups in total. The molecule has 0 aliphatic carbocycles. The number of piperazine rings is 1. The third-order valence-electron chi connectivity index (χ3n) is 6.25. The number of carbonyl (C=O) groups excluding carboxylic acids is 1. The maximum Gasteiger partial charge on any atom is 0.236 e. The van der Waals surface area contributed by atoms with E-state index in [1.54, 1.807) is 0 Å². The van der Waals surface area contributed by atoms with Crippen molar-refractivity contribution in [2.75, 3.05) is 72.6 Å². The molecule has 1 amide bonds. The summed E-state index contributed by atoms with van der Waals surface area (Å²) in [6, 6.07) is 0. The highest BCUT2D eigenvalue weighted by atomic mass is 16.5. The Morgan fingerprint density at radius 3 is 2.52 bits per heavy atom. The summed E-state index contributed by atoms with van der Waals surface area (Å²) in [4.78, 5) is 23.9. The molecule has 7 heteroatoms. The van der Waals surface area contributed by atoms with Gasteiger partial charge < -0.3 is 19.9 Å². The molecule has 2 saturated heterocycles. The van der Waals surface area contributed by atoms with E-state index in [0.717, 1.165) is 77.8 Å². The minimum atomic E-state index is 0.295. The monoisotopic (exact) mass is 405 g/mol. The van der Waals surface area contributed by atoms with Gasteiger partial charge in [0.1, 0.15) is 0 Å². The van der Waals surface area contributed by atoms with Gasteiger partial charge >= 0.3 is 0 Å². The zero-order valence-corrected chi connectivity index (χ0v) is 18.5. The molecule has 3 rings (SSSR count). The fraction of sp³-hybridized carbons (Fsp3) is 0.818. The maximum absolute atomic E-state index is 12.7. The van der Waals surface area contributed by atoms with Gasteiger partial charge in [0.05, 0.1) is 19.8 Å². The van der Waals surface area contributed by atoms with E-state index in [9.17, 15) is 4.79 Å². The normalized spacial score (nSPS) is 27.0. The molecule has 3 aliphatic rings. The maximum atomic E-state index is 12.7. The summed E-state index contributed by atoms with van der Waals surface area (Å²) in [7, 11) is 1.85. The average molecular weight is 406 g/mol. The molecule has 0 saturated carbocycles. The Balaban J connectivity index is 1.38. The summed E-state index contributed by atoms with van der Waals surface area (Å²) in [5, 5.41) is 3.50. The number of rotatable bonds is 5. The van der Waals surface area contributed by atoms with Crippen LogP contribution >= 0.6 is 0 Å². The van der Waals surface area contributed by atoms with Crippen molar-refractivity contribution in [2.45, 2.75) is 33.1 Å². The first kappa shape index (κ1) is 22.1. The van der Waals surface area contributed by atoms with Crippen molar-refractivity contribution in [3.05, 3.63) is 11.6 Å². The molecule has 0 aromatic carbocycles. The van der Waals surface area contributed by atoms with Gasteiger partial charge in [0.15, 0.2) is 5.96 Å². The van der Waals surface area contributed by atoms with Crippen LogP contribution in [0.25, 0.3) is 0 Å². The molecule has 0 aromatic rings. The fourth-order valence-corrected chi connectivity index (χ4v) is 4.74. The smallest absolute Gasteiger partial charge is 0.236 e. The van der Waals surface area contributed by atoms with Crippen LogP contribution in [0, 0.1) is 11.8 Å². The van der Waals surface area contributed by atoms with E-state index in [-0.39, 0.29) is 0 Å². The molecule has 2 atom stereocenters. The average Bonchev–Trinajstić information content (AvgIpc) is 2.72. The Bertz CT molecular complexity index is 588. The Hall–Kier alpha value is -1.60. The molecule has 164 valence electrons. The number of hydrogen-bond acceptors (Lipinski definition) is 4. The first-order valence-corrected chi connectivity index (χ1v) is 11.3. The number of piperidine rings is 1. The number of nitrogens with zero attached hydrogens (tertiary/aromatic N) is 4. The summed E-state index contributed by atoms with van der Waals surface area (Å²) >= 11 is 0. The molecule has 0 bridgehead atoms. The quantitative estimate of drug-likeness (QED) is 0.426. The predicted molar refractivity (Wildman–Crippen MR) is 117 cm³/mol. The highest BCUT2D eigenvalue weighted by molar-refractivity contribution is 5.80. The summed E-state index contributed by atoms with van der Waals surface area (Å²) < 4.78 is 5.37. The van der Waals surface area contributed by atoms with E-state index in [1.807, 2.05) is 7.05 Å². The van der Waals surface area contributed by atoms with Gasteiger partial charge in [-0.2, -0.15) is 0 Å². The molecule has 29 heavy (non-hydrogen) atoms. The van der Waals surface area contributed by atoms with Gasteiger partial charge in [0, 0.05) is 52.9 Å². The third kappa shape index (κ3) is 6.71. The SMILES string of the molecule is CN=C(NCCC1=CCOCC1)N1CCN(CC(=O)N2CC(C)CC(C)C2)CC1. The van der Waals surface area contributed by atoms with E-state index < -0.39 is 0 Å². The first-order chi connectivity index (χ1) is 14.0. The molecular weight excluding hydrogens is 366 g/mol. The minimum Gasteiger partial charge on any atom is -0.377 e. The van der Waals surface area contributed by atoms with Crippen molar-refractivity contribution >= 4 is 11.9 Å². The molecule has 0 radical (unpaired) electrons. The number of nitrogens with one attached hydrogen (secondary N) is 1. The Labute approximate surface area is 176 Å². The number of hydrogen-bond donors (Lipinski definition) is 1. The largest absolute Gasteiger partial charge is 0.377 e. The van der Waals surface area contributed by atoms with Gasteiger partial charge in [-0.15, -0.1) is 0 Å². The van der Waals surface area contributed by atoms with Gasteiger partial charge in [-0.3, -0.25) is 14.7 Å². The van der Waals surface area contributed by atoms with Crippen LogP contribution in [-0.2, 0) is 9.53 Å². The number of amides is 1. The highest BCUT2D eigenvalue weighted by Gasteiger charge is 2.28. The van der Waals surface area contributed by atoms with E-state index in [0.29, 0.717) is 24.3 Å². The Morgan fingerprint density at radius 2 is 1.90 bits per heavy atom. The van der Waals surface area contributed by atoms with E-state index in [1.165, 1.54) is 12.0 Å². The topological polar surface area (TPSA) is 60.4 Å². The summed E-state index contributed by atoms with van der Waals surface area (Å²) in [5.74, 6) is 2.50. The molecule has 2 fully saturated rings. The van der Waals surface area contributed by atoms with Crippen LogP contribution in [0.3, 0.4) is 0 Å². The zero-order chi connectivity index (χ0) is 20.6. The van der Waals surface area contributed by atoms with E-state index in [2.05, 4.69) is 44.9 Å². The second-order valence-corrected chi connectivity index (χ2v) is 8.92. The fourth-order valence-electron chi connectivity index (χ4n) is 4.74. The lowest BCUT2D eigenvalue weighted by Gasteiger charge is -2.39. The van der Waals surface area contributed by atoms with Crippen LogP contribution in [0.5, 0.6) is 0 Å². The van der Waals surface area contributed by atoms with Crippen molar-refractivity contribution in [3.8, 4) is 0 Å². The van der Waals surface area contributed by atoms with Crippen LogP contribution in [0.4, 0.5) is 0 Å². The summed E-state index contributed by atoms with van der Waals surface area (Å²) in [6.07, 6.45) is 5.53. The lowest BCUT2D eigenvalue weighted by Crippen LogP contribution is -2.55. The van der Waals surface area contributed by atoms with Gasteiger partial charge in [-0.1, -0.05) is 25.5 Å². The van der Waals surface area contributed by atoms with Crippen molar-refractivity contribution in [3.63, 3.8) is 0 Å². The van der Waals surface area contributed by atoms with Gasteiger partial charge in [0.2, 0.25) is 5.91 Å². The molecule has 3 aliphatic heterocycles. The van der Waals surface area contributed by atoms with Gasteiger partial charge in [-0.05, 0) is 31.1 Å². The standard InChI is InChI=1S/C22H39N5O2/c1-18-14-19(2)16-27(15-18)21(28)17-25-8-10-26(11-9-25)22(23-3)24-7-4-20-5-12-29-13-6-20/h5,18-19H,4,6-17H2,1-3H3,(H,23,24).